The van der Waals surface area contributed by atoms with Crippen molar-refractivity contribution in [1.82, 2.24) is 9.38 Å². The van der Waals surface area contributed by atoms with Crippen molar-refractivity contribution in [2.75, 3.05) is 24.6 Å². The third kappa shape index (κ3) is 3.44. The monoisotopic (exact) mass is 392 g/mol. The minimum atomic E-state index is -0.674. The first-order chi connectivity index (χ1) is 14.1. The molecule has 1 aliphatic heterocycles. The smallest absolute Gasteiger partial charge is 0.376 e. The third-order valence-electron chi connectivity index (χ3n) is 4.92. The van der Waals surface area contributed by atoms with Gasteiger partial charge in [0.2, 0.25) is 5.82 Å². The van der Waals surface area contributed by atoms with E-state index in [9.17, 15) is 14.9 Å². The molecule has 0 unspecified atom stereocenters. The fourth-order valence-electron chi connectivity index (χ4n) is 3.57. The van der Waals surface area contributed by atoms with Crippen LogP contribution in [-0.2, 0) is 0 Å². The van der Waals surface area contributed by atoms with Crippen molar-refractivity contribution >= 4 is 22.7 Å². The molecule has 8 heteroatoms. The number of para-hydroxylation sites is 1. The lowest BCUT2D eigenvalue weighted by Gasteiger charge is -2.27. The molecule has 0 radical (unpaired) electrons. The Labute approximate surface area is 166 Å². The molecule has 0 aliphatic carbocycles. The van der Waals surface area contributed by atoms with E-state index in [0.29, 0.717) is 31.8 Å². The van der Waals surface area contributed by atoms with Gasteiger partial charge in [-0.05, 0) is 37.1 Å². The first-order valence-electron chi connectivity index (χ1n) is 9.42. The lowest BCUT2D eigenvalue weighted by molar-refractivity contribution is -0.385. The van der Waals surface area contributed by atoms with Crippen molar-refractivity contribution in [2.24, 2.45) is 0 Å². The molecule has 3 heterocycles. The Morgan fingerprint density at radius 1 is 1.21 bits per heavy atom. The van der Waals surface area contributed by atoms with Crippen molar-refractivity contribution in [3.05, 3.63) is 80.8 Å². The van der Waals surface area contributed by atoms with Crippen LogP contribution in [0.25, 0.3) is 11.2 Å². The normalized spacial score (nSPS) is 14.0. The van der Waals surface area contributed by atoms with Gasteiger partial charge >= 0.3 is 11.2 Å². The zero-order chi connectivity index (χ0) is 20.4. The van der Waals surface area contributed by atoms with Gasteiger partial charge in [0.1, 0.15) is 11.4 Å². The Balaban J connectivity index is 1.72. The molecule has 2 aromatic heterocycles. The molecular weight excluding hydrogens is 372 g/mol. The molecule has 0 fully saturated rings. The van der Waals surface area contributed by atoms with E-state index in [1.54, 1.807) is 23.1 Å². The summed E-state index contributed by atoms with van der Waals surface area (Å²) in [7, 11) is 0. The summed E-state index contributed by atoms with van der Waals surface area (Å²) in [6.45, 7) is 3.46. The minimum Gasteiger partial charge on any atom is -0.493 e. The highest BCUT2D eigenvalue weighted by atomic mass is 16.6. The minimum absolute atomic E-state index is 0.111. The fraction of sp³-hybridized carbons (Fsp3) is 0.238. The highest BCUT2D eigenvalue weighted by molar-refractivity contribution is 5.73. The van der Waals surface area contributed by atoms with Crippen LogP contribution in [0.5, 0.6) is 5.75 Å². The van der Waals surface area contributed by atoms with E-state index in [4.69, 9.17) is 4.74 Å². The van der Waals surface area contributed by atoms with E-state index >= 15 is 0 Å². The first kappa shape index (κ1) is 18.7. The second-order valence-corrected chi connectivity index (χ2v) is 6.63. The van der Waals surface area contributed by atoms with Gasteiger partial charge in [0.15, 0.2) is 0 Å². The average Bonchev–Trinajstić information content (AvgIpc) is 2.74. The summed E-state index contributed by atoms with van der Waals surface area (Å²) in [6.07, 6.45) is 4.16. The van der Waals surface area contributed by atoms with E-state index in [1.165, 1.54) is 10.6 Å². The Bertz CT molecular complexity index is 1170. The number of rotatable bonds is 5. The summed E-state index contributed by atoms with van der Waals surface area (Å²) < 4.78 is 6.92. The van der Waals surface area contributed by atoms with Crippen LogP contribution in [0, 0.1) is 10.1 Å². The lowest BCUT2D eigenvalue weighted by Crippen LogP contribution is -2.32. The van der Waals surface area contributed by atoms with Gasteiger partial charge in [-0.15, -0.1) is 0 Å². The fourth-order valence-corrected chi connectivity index (χ4v) is 3.57. The predicted molar refractivity (Wildman–Crippen MR) is 111 cm³/mol. The third-order valence-corrected chi connectivity index (χ3v) is 4.92. The van der Waals surface area contributed by atoms with Crippen LogP contribution in [0.2, 0.25) is 0 Å². The van der Waals surface area contributed by atoms with Crippen molar-refractivity contribution < 1.29 is 9.66 Å². The summed E-state index contributed by atoms with van der Waals surface area (Å²) in [4.78, 5) is 29.8. The molecule has 0 spiro atoms. The maximum atomic E-state index is 12.7. The zero-order valence-electron chi connectivity index (χ0n) is 15.9. The van der Waals surface area contributed by atoms with Gasteiger partial charge in [-0.25, -0.2) is 4.98 Å². The van der Waals surface area contributed by atoms with Crippen molar-refractivity contribution in [1.29, 1.82) is 0 Å². The van der Waals surface area contributed by atoms with Crippen molar-refractivity contribution in [2.45, 2.75) is 13.3 Å². The summed E-state index contributed by atoms with van der Waals surface area (Å²) in [5.74, 6) is 0.933. The summed E-state index contributed by atoms with van der Waals surface area (Å²) >= 11 is 0. The summed E-state index contributed by atoms with van der Waals surface area (Å²) in [5.41, 5.74) is 1.35. The maximum absolute atomic E-state index is 12.7. The molecule has 1 aliphatic rings. The second kappa shape index (κ2) is 7.75. The summed E-state index contributed by atoms with van der Waals surface area (Å²) in [6, 6.07) is 12.9. The van der Waals surface area contributed by atoms with Crippen LogP contribution < -0.4 is 15.2 Å². The van der Waals surface area contributed by atoms with Crippen molar-refractivity contribution in [3.63, 3.8) is 0 Å². The van der Waals surface area contributed by atoms with E-state index < -0.39 is 16.2 Å². The molecule has 8 nitrogen and oxygen atoms in total. The van der Waals surface area contributed by atoms with E-state index in [-0.39, 0.29) is 5.82 Å². The Morgan fingerprint density at radius 2 is 2.00 bits per heavy atom. The number of nitro groups is 1. The molecule has 1 aromatic carbocycles. The highest BCUT2D eigenvalue weighted by Crippen LogP contribution is 2.32. The Morgan fingerprint density at radius 3 is 2.72 bits per heavy atom. The molecule has 3 aromatic rings. The van der Waals surface area contributed by atoms with Gasteiger partial charge in [-0.2, -0.15) is 0 Å². The van der Waals surface area contributed by atoms with Crippen LogP contribution in [0.3, 0.4) is 0 Å². The molecule has 0 atom stereocenters. The number of ether oxygens (including phenoxy) is 1. The van der Waals surface area contributed by atoms with Crippen LogP contribution in [-0.4, -0.2) is 34.0 Å². The van der Waals surface area contributed by atoms with Crippen molar-refractivity contribution in [3.8, 4) is 5.75 Å². The topological polar surface area (TPSA) is 90.0 Å². The average molecular weight is 392 g/mol. The number of hydrogen-bond donors (Lipinski definition) is 0. The standard InChI is InChI=1S/C21H20N4O4/c1-2-29-17-8-4-3-7-16(17)15-10-13-23(14-11-15)20-19(25(27)28)21(26)24-12-6-5-9-18(24)22-20/h3-10,12H,2,11,13-14H2,1H3. The number of aromatic nitrogens is 2. The number of nitrogens with zero attached hydrogens (tertiary/aromatic N) is 4. The Kier molecular flexibility index (Phi) is 4.99. The number of fused-ring (bicyclic) bond motifs is 1. The molecule has 0 amide bonds. The largest absolute Gasteiger partial charge is 0.493 e. The SMILES string of the molecule is CCOc1ccccc1C1=CCN(c2nc3ccccn3c(=O)c2[N+](=O)[O-])CC1. The number of anilines is 1. The maximum Gasteiger partial charge on any atom is 0.376 e. The van der Waals surface area contributed by atoms with E-state index in [2.05, 4.69) is 4.98 Å². The number of benzene rings is 1. The van der Waals surface area contributed by atoms with Crippen LogP contribution in [0.4, 0.5) is 11.5 Å². The quantitative estimate of drug-likeness (QED) is 0.489. The molecule has 0 N–H and O–H groups in total. The molecule has 0 saturated carbocycles. The number of pyridine rings is 1. The molecular formula is C21H20N4O4. The number of hydrogen-bond acceptors (Lipinski definition) is 6. The van der Waals surface area contributed by atoms with Gasteiger partial charge in [-0.3, -0.25) is 19.3 Å². The van der Waals surface area contributed by atoms with Gasteiger partial charge < -0.3 is 9.64 Å². The van der Waals surface area contributed by atoms with Gasteiger partial charge in [0.25, 0.3) is 0 Å². The van der Waals surface area contributed by atoms with E-state index in [0.717, 1.165) is 16.9 Å². The molecule has 148 valence electrons. The van der Waals surface area contributed by atoms with Gasteiger partial charge in [-0.1, -0.05) is 30.3 Å². The van der Waals surface area contributed by atoms with Gasteiger partial charge in [0, 0.05) is 24.8 Å². The molecule has 29 heavy (non-hydrogen) atoms. The molecule has 4 rings (SSSR count). The summed E-state index contributed by atoms with van der Waals surface area (Å²) in [5, 5.41) is 11.6. The lowest BCUT2D eigenvalue weighted by atomic mass is 9.98. The highest BCUT2D eigenvalue weighted by Gasteiger charge is 2.29. The van der Waals surface area contributed by atoms with Crippen LogP contribution >= 0.6 is 0 Å². The van der Waals surface area contributed by atoms with Gasteiger partial charge in [0.05, 0.1) is 11.5 Å². The van der Waals surface area contributed by atoms with E-state index in [1.807, 2.05) is 37.3 Å². The predicted octanol–water partition coefficient (Wildman–Crippen LogP) is 3.30. The first-order valence-corrected chi connectivity index (χ1v) is 9.42. The van der Waals surface area contributed by atoms with Crippen LogP contribution in [0.15, 0.2) is 59.5 Å². The second-order valence-electron chi connectivity index (χ2n) is 6.63. The molecule has 0 saturated heterocycles. The molecule has 0 bridgehead atoms. The zero-order valence-corrected chi connectivity index (χ0v) is 15.9. The van der Waals surface area contributed by atoms with Crippen LogP contribution in [0.1, 0.15) is 18.9 Å². The Hall–Kier alpha value is -3.68.